The molecule has 0 spiro atoms. The van der Waals surface area contributed by atoms with E-state index in [0.29, 0.717) is 20.9 Å². The monoisotopic (exact) mass is 392 g/mol. The second kappa shape index (κ2) is 7.03. The molecule has 7 heteroatoms. The Kier molecular flexibility index (Phi) is 4.78. The number of halogens is 1. The van der Waals surface area contributed by atoms with E-state index >= 15 is 0 Å². The molecule has 0 bridgehead atoms. The molecule has 1 amide bonds. The molecule has 1 aromatic carbocycles. The summed E-state index contributed by atoms with van der Waals surface area (Å²) >= 11 is 8.86. The highest BCUT2D eigenvalue weighted by Crippen LogP contribution is 2.33. The number of amides is 1. The summed E-state index contributed by atoms with van der Waals surface area (Å²) in [7, 11) is 0. The number of anilines is 1. The van der Waals surface area contributed by atoms with Crippen LogP contribution in [0.5, 0.6) is 0 Å². The van der Waals surface area contributed by atoms with Crippen LogP contribution in [0.2, 0.25) is 4.34 Å². The molecule has 130 valence electrons. The second-order valence-electron chi connectivity index (χ2n) is 6.07. The van der Waals surface area contributed by atoms with Crippen LogP contribution >= 0.6 is 34.3 Å². The first-order valence-corrected chi connectivity index (χ1v) is 10.2. The van der Waals surface area contributed by atoms with Crippen molar-refractivity contribution in [1.82, 2.24) is 4.98 Å². The van der Waals surface area contributed by atoms with E-state index < -0.39 is 0 Å². The average Bonchev–Trinajstić information content (AvgIpc) is 3.32. The van der Waals surface area contributed by atoms with Gasteiger partial charge in [0.15, 0.2) is 5.13 Å². The van der Waals surface area contributed by atoms with Crippen LogP contribution in [0.25, 0.3) is 10.2 Å². The van der Waals surface area contributed by atoms with E-state index in [1.807, 2.05) is 25.1 Å². The minimum absolute atomic E-state index is 0.0625. The summed E-state index contributed by atoms with van der Waals surface area (Å²) in [6.45, 7) is 3.32. The number of nitrogens with zero attached hydrogens (tertiary/aromatic N) is 2. The van der Waals surface area contributed by atoms with Crippen molar-refractivity contribution in [3.63, 3.8) is 0 Å². The number of ether oxygens (including phenoxy) is 1. The van der Waals surface area contributed by atoms with Crippen LogP contribution < -0.4 is 4.90 Å². The summed E-state index contributed by atoms with van der Waals surface area (Å²) in [5.41, 5.74) is 2.07. The van der Waals surface area contributed by atoms with Gasteiger partial charge in [-0.3, -0.25) is 9.69 Å². The van der Waals surface area contributed by atoms with Crippen LogP contribution in [0.3, 0.4) is 0 Å². The minimum atomic E-state index is -0.0656. The van der Waals surface area contributed by atoms with Gasteiger partial charge in [0.2, 0.25) is 0 Å². The van der Waals surface area contributed by atoms with Crippen LogP contribution in [0.4, 0.5) is 5.13 Å². The van der Waals surface area contributed by atoms with Gasteiger partial charge in [-0.15, -0.1) is 11.3 Å². The quantitative estimate of drug-likeness (QED) is 0.616. The van der Waals surface area contributed by atoms with Crippen molar-refractivity contribution in [2.75, 3.05) is 18.1 Å². The molecule has 4 nitrogen and oxygen atoms in total. The molecule has 1 atom stereocenters. The Morgan fingerprint density at radius 3 is 2.92 bits per heavy atom. The van der Waals surface area contributed by atoms with Crippen molar-refractivity contribution in [3.05, 3.63) is 45.1 Å². The van der Waals surface area contributed by atoms with E-state index in [9.17, 15) is 4.79 Å². The lowest BCUT2D eigenvalue weighted by Gasteiger charge is -2.22. The third-order valence-corrected chi connectivity index (χ3v) is 6.54. The van der Waals surface area contributed by atoms with E-state index in [2.05, 4.69) is 0 Å². The first kappa shape index (κ1) is 17.0. The van der Waals surface area contributed by atoms with Gasteiger partial charge in [-0.05, 0) is 43.5 Å². The van der Waals surface area contributed by atoms with Gasteiger partial charge < -0.3 is 4.74 Å². The molecule has 0 aliphatic carbocycles. The second-order valence-corrected chi connectivity index (χ2v) is 8.80. The largest absolute Gasteiger partial charge is 0.376 e. The maximum absolute atomic E-state index is 13.1. The molecule has 4 rings (SSSR count). The molecule has 1 unspecified atom stereocenters. The SMILES string of the molecule is Cc1cccc2sc(N(CC3CCCO3)C(=O)c3ccc(Cl)s3)nc12. The van der Waals surface area contributed by atoms with Crippen LogP contribution in [0.15, 0.2) is 30.3 Å². The zero-order chi connectivity index (χ0) is 17.4. The van der Waals surface area contributed by atoms with E-state index in [1.54, 1.807) is 28.4 Å². The summed E-state index contributed by atoms with van der Waals surface area (Å²) in [6, 6.07) is 9.63. The lowest BCUT2D eigenvalue weighted by molar-refractivity contribution is 0.0920. The number of hydrogen-bond donors (Lipinski definition) is 0. The topological polar surface area (TPSA) is 42.4 Å². The molecule has 3 aromatic rings. The molecule has 25 heavy (non-hydrogen) atoms. The Balaban J connectivity index is 1.72. The number of fused-ring (bicyclic) bond motifs is 1. The average molecular weight is 393 g/mol. The van der Waals surface area contributed by atoms with Gasteiger partial charge in [0.05, 0.1) is 32.1 Å². The van der Waals surface area contributed by atoms with Gasteiger partial charge in [0, 0.05) is 6.61 Å². The number of para-hydroxylation sites is 1. The fraction of sp³-hybridized carbons (Fsp3) is 0.333. The maximum atomic E-state index is 13.1. The van der Waals surface area contributed by atoms with Crippen molar-refractivity contribution >= 4 is 55.5 Å². The maximum Gasteiger partial charge on any atom is 0.270 e. The standard InChI is InChI=1S/C18H17ClN2O2S2/c1-11-4-2-6-13-16(11)20-18(25-13)21(10-12-5-3-9-23-12)17(22)14-7-8-15(19)24-14/h2,4,6-8,12H,3,5,9-10H2,1H3. The summed E-state index contributed by atoms with van der Waals surface area (Å²) in [5, 5.41) is 0.717. The fourth-order valence-corrected chi connectivity index (χ4v) is 5.04. The van der Waals surface area contributed by atoms with Gasteiger partial charge in [0.1, 0.15) is 0 Å². The van der Waals surface area contributed by atoms with E-state index in [-0.39, 0.29) is 12.0 Å². The zero-order valence-corrected chi connectivity index (χ0v) is 16.1. The Morgan fingerprint density at radius 2 is 2.24 bits per heavy atom. The molecule has 0 N–H and O–H groups in total. The number of hydrogen-bond acceptors (Lipinski definition) is 5. The zero-order valence-electron chi connectivity index (χ0n) is 13.7. The highest BCUT2D eigenvalue weighted by atomic mass is 35.5. The Labute approximate surface area is 159 Å². The summed E-state index contributed by atoms with van der Waals surface area (Å²) in [5.74, 6) is -0.0656. The number of carbonyl (C=O) groups is 1. The van der Waals surface area contributed by atoms with Gasteiger partial charge >= 0.3 is 0 Å². The fourth-order valence-electron chi connectivity index (χ4n) is 2.99. The van der Waals surface area contributed by atoms with Gasteiger partial charge in [-0.1, -0.05) is 35.1 Å². The molecule has 1 saturated heterocycles. The number of rotatable bonds is 4. The molecule has 1 aliphatic heterocycles. The highest BCUT2D eigenvalue weighted by Gasteiger charge is 2.28. The number of aryl methyl sites for hydroxylation is 1. The van der Waals surface area contributed by atoms with Crippen molar-refractivity contribution in [2.45, 2.75) is 25.9 Å². The van der Waals surface area contributed by atoms with Crippen molar-refractivity contribution < 1.29 is 9.53 Å². The Morgan fingerprint density at radius 1 is 1.36 bits per heavy atom. The minimum Gasteiger partial charge on any atom is -0.376 e. The van der Waals surface area contributed by atoms with E-state index in [1.165, 1.54) is 11.3 Å². The molecular formula is C18H17ClN2O2S2. The van der Waals surface area contributed by atoms with Gasteiger partial charge in [-0.2, -0.15) is 0 Å². The molecule has 3 heterocycles. The van der Waals surface area contributed by atoms with Crippen molar-refractivity contribution in [1.29, 1.82) is 0 Å². The van der Waals surface area contributed by atoms with Crippen LogP contribution in [-0.4, -0.2) is 30.1 Å². The molecular weight excluding hydrogens is 376 g/mol. The summed E-state index contributed by atoms with van der Waals surface area (Å²) < 4.78 is 7.45. The molecule has 1 aliphatic rings. The summed E-state index contributed by atoms with van der Waals surface area (Å²) in [6.07, 6.45) is 2.07. The number of thiazole rings is 1. The lowest BCUT2D eigenvalue weighted by atomic mass is 10.2. The Bertz CT molecular complexity index is 915. The molecule has 2 aromatic heterocycles. The predicted octanol–water partition coefficient (Wildman–Crippen LogP) is 5.15. The first-order chi connectivity index (χ1) is 12.1. The predicted molar refractivity (Wildman–Crippen MR) is 104 cm³/mol. The number of thiophene rings is 1. The van der Waals surface area contributed by atoms with Crippen molar-refractivity contribution in [2.24, 2.45) is 0 Å². The molecule has 0 saturated carbocycles. The van der Waals surface area contributed by atoms with Crippen LogP contribution in [-0.2, 0) is 4.74 Å². The normalized spacial score (nSPS) is 17.3. The first-order valence-electron chi connectivity index (χ1n) is 8.17. The number of aromatic nitrogens is 1. The summed E-state index contributed by atoms with van der Waals surface area (Å²) in [4.78, 5) is 20.2. The van der Waals surface area contributed by atoms with Gasteiger partial charge in [-0.25, -0.2) is 4.98 Å². The van der Waals surface area contributed by atoms with E-state index in [4.69, 9.17) is 21.3 Å². The van der Waals surface area contributed by atoms with E-state index in [0.717, 1.165) is 35.2 Å². The third kappa shape index (κ3) is 3.44. The molecule has 1 fully saturated rings. The van der Waals surface area contributed by atoms with Gasteiger partial charge in [0.25, 0.3) is 5.91 Å². The highest BCUT2D eigenvalue weighted by molar-refractivity contribution is 7.22. The number of carbonyl (C=O) groups excluding carboxylic acids is 1. The number of benzene rings is 1. The van der Waals surface area contributed by atoms with Crippen molar-refractivity contribution in [3.8, 4) is 0 Å². The van der Waals surface area contributed by atoms with Crippen LogP contribution in [0, 0.1) is 6.92 Å². The third-order valence-electron chi connectivity index (χ3n) is 4.28. The Hall–Kier alpha value is -1.47. The molecule has 0 radical (unpaired) electrons. The van der Waals surface area contributed by atoms with Crippen LogP contribution in [0.1, 0.15) is 28.1 Å². The smallest absolute Gasteiger partial charge is 0.270 e. The lowest BCUT2D eigenvalue weighted by Crippen LogP contribution is -2.37.